The first-order chi connectivity index (χ1) is 9.32. The molecule has 0 aliphatic carbocycles. The Bertz CT molecular complexity index is 626. The number of aliphatic hydroxyl groups excluding tert-OH is 1. The first kappa shape index (κ1) is 14.4. The molecule has 1 unspecified atom stereocenters. The largest absolute Gasteiger partial charge is 0.419 e. The lowest BCUT2D eigenvalue weighted by atomic mass is 9.99. The van der Waals surface area contributed by atoms with Crippen molar-refractivity contribution in [2.24, 2.45) is 0 Å². The zero-order valence-electron chi connectivity index (χ0n) is 9.83. The predicted molar refractivity (Wildman–Crippen MR) is 59.7 cm³/mol. The summed E-state index contributed by atoms with van der Waals surface area (Å²) in [5.74, 6) is -2.56. The minimum absolute atomic E-state index is 0.349. The highest BCUT2D eigenvalue weighted by molar-refractivity contribution is 5.35. The van der Waals surface area contributed by atoms with E-state index < -0.39 is 35.0 Å². The third kappa shape index (κ3) is 2.62. The summed E-state index contributed by atoms with van der Waals surface area (Å²) >= 11 is 0. The molecule has 0 saturated heterocycles. The number of pyridine rings is 1. The van der Waals surface area contributed by atoms with E-state index in [0.29, 0.717) is 6.07 Å². The van der Waals surface area contributed by atoms with Gasteiger partial charge in [0.1, 0.15) is 17.7 Å². The van der Waals surface area contributed by atoms with Crippen LogP contribution in [-0.2, 0) is 6.18 Å². The van der Waals surface area contributed by atoms with E-state index in [0.717, 1.165) is 30.6 Å². The van der Waals surface area contributed by atoms with Crippen molar-refractivity contribution in [1.29, 1.82) is 0 Å². The Morgan fingerprint density at radius 1 is 1.05 bits per heavy atom. The smallest absolute Gasteiger partial charge is 0.383 e. The highest BCUT2D eigenvalue weighted by atomic mass is 19.4. The lowest BCUT2D eigenvalue weighted by Crippen LogP contribution is -2.13. The van der Waals surface area contributed by atoms with Gasteiger partial charge in [0.05, 0.1) is 11.8 Å². The minimum atomic E-state index is -4.89. The first-order valence-electron chi connectivity index (χ1n) is 5.45. The van der Waals surface area contributed by atoms with Gasteiger partial charge in [0.25, 0.3) is 0 Å². The van der Waals surface area contributed by atoms with Gasteiger partial charge in [-0.2, -0.15) is 13.2 Å². The Morgan fingerprint density at radius 3 is 2.35 bits per heavy atom. The molecule has 7 heteroatoms. The maximum absolute atomic E-state index is 13.8. The second kappa shape index (κ2) is 5.16. The van der Waals surface area contributed by atoms with E-state index in [1.165, 1.54) is 0 Å². The summed E-state index contributed by atoms with van der Waals surface area (Å²) in [6.45, 7) is 0. The van der Waals surface area contributed by atoms with Crippen molar-refractivity contribution in [2.75, 3.05) is 0 Å². The predicted octanol–water partition coefficient (Wildman–Crippen LogP) is 3.46. The fourth-order valence-electron chi connectivity index (χ4n) is 1.76. The summed E-state index contributed by atoms with van der Waals surface area (Å²) in [7, 11) is 0. The number of hydrogen-bond acceptors (Lipinski definition) is 2. The molecule has 0 aliphatic heterocycles. The molecule has 2 rings (SSSR count). The third-order valence-corrected chi connectivity index (χ3v) is 2.73. The first-order valence-corrected chi connectivity index (χ1v) is 5.45. The van der Waals surface area contributed by atoms with Crippen molar-refractivity contribution in [3.63, 3.8) is 0 Å². The van der Waals surface area contributed by atoms with Crippen molar-refractivity contribution in [2.45, 2.75) is 12.3 Å². The maximum Gasteiger partial charge on any atom is 0.419 e. The molecule has 1 aromatic heterocycles. The normalized spacial score (nSPS) is 13.3. The van der Waals surface area contributed by atoms with Crippen LogP contribution in [0.15, 0.2) is 36.7 Å². The second-order valence-corrected chi connectivity index (χ2v) is 4.01. The lowest BCUT2D eigenvalue weighted by molar-refractivity contribution is -0.140. The molecule has 1 atom stereocenters. The molecule has 0 bridgehead atoms. The Balaban J connectivity index is 2.52. The second-order valence-electron chi connectivity index (χ2n) is 4.01. The number of rotatable bonds is 2. The summed E-state index contributed by atoms with van der Waals surface area (Å²) in [4.78, 5) is 3.44. The topological polar surface area (TPSA) is 33.1 Å². The van der Waals surface area contributed by atoms with Crippen LogP contribution in [-0.4, -0.2) is 10.1 Å². The van der Waals surface area contributed by atoms with Gasteiger partial charge in [0.2, 0.25) is 0 Å². The van der Waals surface area contributed by atoms with Crippen LogP contribution in [0.4, 0.5) is 22.0 Å². The number of hydrogen-bond donors (Lipinski definition) is 1. The zero-order valence-corrected chi connectivity index (χ0v) is 9.83. The minimum Gasteiger partial charge on any atom is -0.383 e. The van der Waals surface area contributed by atoms with Crippen LogP contribution in [0.25, 0.3) is 0 Å². The van der Waals surface area contributed by atoms with E-state index in [1.54, 1.807) is 0 Å². The molecule has 0 radical (unpaired) electrons. The van der Waals surface area contributed by atoms with Crippen LogP contribution in [0.1, 0.15) is 22.8 Å². The van der Waals surface area contributed by atoms with Gasteiger partial charge in [-0.1, -0.05) is 12.1 Å². The van der Waals surface area contributed by atoms with Gasteiger partial charge in [0, 0.05) is 17.3 Å². The monoisotopic (exact) mass is 289 g/mol. The van der Waals surface area contributed by atoms with Crippen LogP contribution < -0.4 is 0 Å². The van der Waals surface area contributed by atoms with Gasteiger partial charge in [0.15, 0.2) is 0 Å². The fraction of sp³-hybridized carbons (Fsp3) is 0.154. The standard InChI is InChI=1S/C13H8F5NO/c14-10-6-19-5-4-7(10)12(20)8-2-1-3-9(11(8)15)13(16,17)18/h1-6,12,20H. The molecule has 0 amide bonds. The molecule has 0 spiro atoms. The molecule has 0 aliphatic rings. The van der Waals surface area contributed by atoms with E-state index in [4.69, 9.17) is 0 Å². The summed E-state index contributed by atoms with van der Waals surface area (Å²) < 4.78 is 64.9. The molecule has 2 nitrogen and oxygen atoms in total. The molecule has 1 aromatic carbocycles. The van der Waals surface area contributed by atoms with E-state index >= 15 is 0 Å². The Hall–Kier alpha value is -2.02. The molecule has 1 heterocycles. The van der Waals surface area contributed by atoms with Gasteiger partial charge < -0.3 is 5.11 Å². The molecular weight excluding hydrogens is 281 g/mol. The van der Waals surface area contributed by atoms with E-state index in [2.05, 4.69) is 4.98 Å². The molecule has 20 heavy (non-hydrogen) atoms. The number of benzene rings is 1. The van der Waals surface area contributed by atoms with Gasteiger partial charge >= 0.3 is 6.18 Å². The van der Waals surface area contributed by atoms with E-state index in [1.807, 2.05) is 0 Å². The lowest BCUT2D eigenvalue weighted by Gasteiger charge is -2.16. The SMILES string of the molecule is OC(c1ccncc1F)c1cccc(C(F)(F)F)c1F. The van der Waals surface area contributed by atoms with E-state index in [-0.39, 0.29) is 5.56 Å². The molecule has 2 aromatic rings. The van der Waals surface area contributed by atoms with Gasteiger partial charge in [-0.05, 0) is 12.1 Å². The number of aromatic nitrogens is 1. The Labute approximate surface area is 110 Å². The average molecular weight is 289 g/mol. The third-order valence-electron chi connectivity index (χ3n) is 2.73. The fourth-order valence-corrected chi connectivity index (χ4v) is 1.76. The van der Waals surface area contributed by atoms with Gasteiger partial charge in [-0.25, -0.2) is 8.78 Å². The molecule has 0 fully saturated rings. The average Bonchev–Trinajstić information content (AvgIpc) is 2.37. The van der Waals surface area contributed by atoms with Gasteiger partial charge in [-0.3, -0.25) is 4.98 Å². The summed E-state index contributed by atoms with van der Waals surface area (Å²) in [6, 6.07) is 3.53. The van der Waals surface area contributed by atoms with Crippen molar-refractivity contribution in [1.82, 2.24) is 4.98 Å². The van der Waals surface area contributed by atoms with Crippen molar-refractivity contribution < 1.29 is 27.1 Å². The van der Waals surface area contributed by atoms with Crippen LogP contribution >= 0.6 is 0 Å². The maximum atomic E-state index is 13.8. The zero-order chi connectivity index (χ0) is 14.9. The summed E-state index contributed by atoms with van der Waals surface area (Å²) in [6.07, 6.45) is -4.81. The van der Waals surface area contributed by atoms with Crippen molar-refractivity contribution in [3.8, 4) is 0 Å². The number of aliphatic hydroxyl groups is 1. The van der Waals surface area contributed by atoms with Crippen molar-refractivity contribution >= 4 is 0 Å². The van der Waals surface area contributed by atoms with Crippen LogP contribution in [0, 0.1) is 11.6 Å². The quantitative estimate of drug-likeness (QED) is 0.859. The van der Waals surface area contributed by atoms with E-state index in [9.17, 15) is 27.1 Å². The highest BCUT2D eigenvalue weighted by Gasteiger charge is 2.36. The highest BCUT2D eigenvalue weighted by Crippen LogP contribution is 2.35. The number of nitrogens with zero attached hydrogens (tertiary/aromatic N) is 1. The number of halogens is 5. The van der Waals surface area contributed by atoms with Crippen LogP contribution in [0.5, 0.6) is 0 Å². The van der Waals surface area contributed by atoms with Gasteiger partial charge in [-0.15, -0.1) is 0 Å². The molecule has 0 saturated carbocycles. The Kier molecular flexibility index (Phi) is 3.71. The summed E-state index contributed by atoms with van der Waals surface area (Å²) in [5.41, 5.74) is -2.51. The molecule has 106 valence electrons. The van der Waals surface area contributed by atoms with Crippen LogP contribution in [0.2, 0.25) is 0 Å². The Morgan fingerprint density at radius 2 is 1.75 bits per heavy atom. The van der Waals surface area contributed by atoms with Crippen LogP contribution in [0.3, 0.4) is 0 Å². The number of alkyl halides is 3. The van der Waals surface area contributed by atoms with Crippen molar-refractivity contribution in [3.05, 3.63) is 65.0 Å². The summed E-state index contributed by atoms with van der Waals surface area (Å²) in [5, 5.41) is 9.87. The molecular formula is C13H8F5NO. The molecule has 1 N–H and O–H groups in total.